The molecule has 1 aromatic carbocycles. The molecule has 0 bridgehead atoms. The van der Waals surface area contributed by atoms with E-state index in [1.165, 1.54) is 0 Å². The molecule has 0 saturated carbocycles. The molecule has 5 nitrogen and oxygen atoms in total. The van der Waals surface area contributed by atoms with Gasteiger partial charge in [-0.25, -0.2) is 9.97 Å². The fourth-order valence-corrected chi connectivity index (χ4v) is 2.12. The first kappa shape index (κ1) is 13.9. The minimum Gasteiger partial charge on any atom is -0.454 e. The summed E-state index contributed by atoms with van der Waals surface area (Å²) in [5, 5.41) is 3.63. The fourth-order valence-electron chi connectivity index (χ4n) is 1.94. The Morgan fingerprint density at radius 1 is 1.10 bits per heavy atom. The van der Waals surface area contributed by atoms with Crippen molar-refractivity contribution in [1.29, 1.82) is 0 Å². The Bertz CT molecular complexity index is 683. The zero-order valence-corrected chi connectivity index (χ0v) is 12.9. The molecule has 0 aliphatic carbocycles. The molecule has 0 radical (unpaired) electrons. The van der Waals surface area contributed by atoms with Gasteiger partial charge in [-0.3, -0.25) is 0 Å². The van der Waals surface area contributed by atoms with E-state index in [9.17, 15) is 0 Å². The van der Waals surface area contributed by atoms with E-state index in [-0.39, 0.29) is 12.2 Å². The largest absolute Gasteiger partial charge is 0.454 e. The van der Waals surface area contributed by atoms with Crippen LogP contribution in [0.1, 0.15) is 26.6 Å². The predicted octanol–water partition coefficient (Wildman–Crippen LogP) is 3.90. The summed E-state index contributed by atoms with van der Waals surface area (Å²) in [6, 6.07) is 7.33. The van der Waals surface area contributed by atoms with E-state index in [2.05, 4.69) is 15.3 Å². The Hall–Kier alpha value is -2.01. The SMILES string of the molecule is CC(C)(C)c1nc(Cl)cc(Nc2ccc3c(c2)OCO3)n1. The molecule has 3 rings (SSSR count). The second kappa shape index (κ2) is 5.07. The van der Waals surface area contributed by atoms with Crippen molar-refractivity contribution < 1.29 is 9.47 Å². The highest BCUT2D eigenvalue weighted by molar-refractivity contribution is 6.29. The summed E-state index contributed by atoms with van der Waals surface area (Å²) in [6.07, 6.45) is 0. The molecule has 1 aliphatic heterocycles. The summed E-state index contributed by atoms with van der Waals surface area (Å²) < 4.78 is 10.6. The van der Waals surface area contributed by atoms with Crippen LogP contribution < -0.4 is 14.8 Å². The van der Waals surface area contributed by atoms with E-state index >= 15 is 0 Å². The number of aromatic nitrogens is 2. The number of halogens is 1. The third-order valence-corrected chi connectivity index (χ3v) is 3.20. The Morgan fingerprint density at radius 2 is 1.86 bits per heavy atom. The molecule has 0 spiro atoms. The first-order chi connectivity index (χ1) is 9.91. The monoisotopic (exact) mass is 305 g/mol. The van der Waals surface area contributed by atoms with E-state index in [0.717, 1.165) is 17.2 Å². The number of benzene rings is 1. The third-order valence-electron chi connectivity index (χ3n) is 3.01. The maximum Gasteiger partial charge on any atom is 0.231 e. The van der Waals surface area contributed by atoms with Gasteiger partial charge in [-0.05, 0) is 12.1 Å². The van der Waals surface area contributed by atoms with E-state index in [0.29, 0.717) is 16.8 Å². The van der Waals surface area contributed by atoms with Crippen molar-refractivity contribution in [2.24, 2.45) is 0 Å². The van der Waals surface area contributed by atoms with Crippen LogP contribution in [0.4, 0.5) is 11.5 Å². The first-order valence-electron chi connectivity index (χ1n) is 6.63. The van der Waals surface area contributed by atoms with Crippen LogP contribution in [0.25, 0.3) is 0 Å². The smallest absolute Gasteiger partial charge is 0.231 e. The normalized spacial score (nSPS) is 13.3. The van der Waals surface area contributed by atoms with Crippen molar-refractivity contribution in [2.45, 2.75) is 26.2 Å². The minimum absolute atomic E-state index is 0.170. The van der Waals surface area contributed by atoms with Crippen LogP contribution in [0.2, 0.25) is 5.15 Å². The lowest BCUT2D eigenvalue weighted by Crippen LogP contribution is -2.16. The number of rotatable bonds is 2. The van der Waals surface area contributed by atoms with Crippen LogP contribution in [0.5, 0.6) is 11.5 Å². The van der Waals surface area contributed by atoms with Gasteiger partial charge in [-0.15, -0.1) is 0 Å². The molecule has 21 heavy (non-hydrogen) atoms. The van der Waals surface area contributed by atoms with Crippen molar-refractivity contribution in [3.8, 4) is 11.5 Å². The van der Waals surface area contributed by atoms with E-state index in [1.54, 1.807) is 6.07 Å². The predicted molar refractivity (Wildman–Crippen MR) is 81.6 cm³/mol. The number of ether oxygens (including phenoxy) is 2. The van der Waals surface area contributed by atoms with Gasteiger partial charge in [0.15, 0.2) is 11.5 Å². The molecule has 0 fully saturated rings. The molecule has 2 aromatic rings. The molecule has 2 heterocycles. The molecule has 0 unspecified atom stereocenters. The third kappa shape index (κ3) is 3.03. The molecule has 1 N–H and O–H groups in total. The lowest BCUT2D eigenvalue weighted by molar-refractivity contribution is 0.174. The van der Waals surface area contributed by atoms with Crippen LogP contribution in [0.15, 0.2) is 24.3 Å². The summed E-state index contributed by atoms with van der Waals surface area (Å²) in [5.74, 6) is 2.81. The Balaban J connectivity index is 1.89. The van der Waals surface area contributed by atoms with Gasteiger partial charge in [0.2, 0.25) is 6.79 Å². The molecule has 6 heteroatoms. The Kier molecular flexibility index (Phi) is 3.37. The van der Waals surface area contributed by atoms with Crippen LogP contribution in [0, 0.1) is 0 Å². The van der Waals surface area contributed by atoms with Gasteiger partial charge in [0.1, 0.15) is 16.8 Å². The zero-order valence-electron chi connectivity index (χ0n) is 12.1. The summed E-state index contributed by atoms with van der Waals surface area (Å²) in [7, 11) is 0. The Morgan fingerprint density at radius 3 is 2.62 bits per heavy atom. The quantitative estimate of drug-likeness (QED) is 0.853. The topological polar surface area (TPSA) is 56.3 Å². The van der Waals surface area contributed by atoms with Crippen molar-refractivity contribution in [1.82, 2.24) is 9.97 Å². The summed E-state index contributed by atoms with van der Waals surface area (Å²) in [5.41, 5.74) is 0.685. The highest BCUT2D eigenvalue weighted by atomic mass is 35.5. The van der Waals surface area contributed by atoms with Crippen molar-refractivity contribution in [3.63, 3.8) is 0 Å². The number of hydrogen-bond acceptors (Lipinski definition) is 5. The number of hydrogen-bond donors (Lipinski definition) is 1. The molecule has 110 valence electrons. The number of anilines is 2. The second-order valence-electron chi connectivity index (χ2n) is 5.84. The second-order valence-corrected chi connectivity index (χ2v) is 6.23. The van der Waals surface area contributed by atoms with Gasteiger partial charge in [0.05, 0.1) is 0 Å². The average molecular weight is 306 g/mol. The van der Waals surface area contributed by atoms with Crippen molar-refractivity contribution >= 4 is 23.1 Å². The van der Waals surface area contributed by atoms with Crippen LogP contribution in [-0.4, -0.2) is 16.8 Å². The first-order valence-corrected chi connectivity index (χ1v) is 7.01. The van der Waals surface area contributed by atoms with E-state index in [1.807, 2.05) is 39.0 Å². The van der Waals surface area contributed by atoms with Gasteiger partial charge >= 0.3 is 0 Å². The van der Waals surface area contributed by atoms with Gasteiger partial charge < -0.3 is 14.8 Å². The maximum atomic E-state index is 6.08. The van der Waals surface area contributed by atoms with Crippen LogP contribution >= 0.6 is 11.6 Å². The lowest BCUT2D eigenvalue weighted by Gasteiger charge is -2.18. The standard InChI is InChI=1S/C15H16ClN3O2/c1-15(2,3)14-18-12(16)7-13(19-14)17-9-4-5-10-11(6-9)21-8-20-10/h4-7H,8H2,1-3H3,(H,17,18,19). The summed E-state index contributed by atoms with van der Waals surface area (Å²) in [4.78, 5) is 8.79. The summed E-state index contributed by atoms with van der Waals surface area (Å²) >= 11 is 6.08. The zero-order chi connectivity index (χ0) is 15.0. The lowest BCUT2D eigenvalue weighted by atomic mass is 9.96. The van der Waals surface area contributed by atoms with Crippen LogP contribution in [-0.2, 0) is 5.41 Å². The van der Waals surface area contributed by atoms with E-state index < -0.39 is 0 Å². The number of nitrogens with one attached hydrogen (secondary N) is 1. The van der Waals surface area contributed by atoms with Gasteiger partial charge in [0.25, 0.3) is 0 Å². The molecular formula is C15H16ClN3O2. The number of nitrogens with zero attached hydrogens (tertiary/aromatic N) is 2. The van der Waals surface area contributed by atoms with Crippen LogP contribution in [0.3, 0.4) is 0 Å². The molecule has 0 saturated heterocycles. The maximum absolute atomic E-state index is 6.08. The Labute approximate surface area is 128 Å². The molecule has 0 amide bonds. The highest BCUT2D eigenvalue weighted by Crippen LogP contribution is 2.35. The van der Waals surface area contributed by atoms with Crippen molar-refractivity contribution in [2.75, 3.05) is 12.1 Å². The van der Waals surface area contributed by atoms with Crippen molar-refractivity contribution in [3.05, 3.63) is 35.2 Å². The van der Waals surface area contributed by atoms with Gasteiger partial charge in [-0.2, -0.15) is 0 Å². The highest BCUT2D eigenvalue weighted by Gasteiger charge is 2.19. The van der Waals surface area contributed by atoms with Gasteiger partial charge in [-0.1, -0.05) is 32.4 Å². The minimum atomic E-state index is -0.170. The molecule has 1 aliphatic rings. The van der Waals surface area contributed by atoms with Gasteiger partial charge in [0, 0.05) is 23.2 Å². The summed E-state index contributed by atoms with van der Waals surface area (Å²) in [6.45, 7) is 6.39. The molecule has 1 aromatic heterocycles. The molecule has 0 atom stereocenters. The molecular weight excluding hydrogens is 290 g/mol. The number of fused-ring (bicyclic) bond motifs is 1. The fraction of sp³-hybridized carbons (Fsp3) is 0.333. The average Bonchev–Trinajstić information content (AvgIpc) is 2.84. The van der Waals surface area contributed by atoms with E-state index in [4.69, 9.17) is 21.1 Å².